The first-order chi connectivity index (χ1) is 16.4. The highest BCUT2D eigenvalue weighted by atomic mass is 32.1. The number of amides is 2. The van der Waals surface area contributed by atoms with E-state index in [4.69, 9.17) is 0 Å². The second-order valence-electron chi connectivity index (χ2n) is 8.32. The molecule has 0 saturated heterocycles. The lowest BCUT2D eigenvalue weighted by Crippen LogP contribution is -2.44. The van der Waals surface area contributed by atoms with Crippen molar-refractivity contribution in [3.63, 3.8) is 0 Å². The Balaban J connectivity index is 1.84. The first kappa shape index (κ1) is 25.1. The van der Waals surface area contributed by atoms with Crippen LogP contribution in [0.5, 0.6) is 0 Å². The summed E-state index contributed by atoms with van der Waals surface area (Å²) in [7, 11) is 0. The van der Waals surface area contributed by atoms with E-state index in [2.05, 4.69) is 0 Å². The lowest BCUT2D eigenvalue weighted by molar-refractivity contribution is -0.384. The Morgan fingerprint density at radius 2 is 1.76 bits per heavy atom. The summed E-state index contributed by atoms with van der Waals surface area (Å²) in [6, 6.07) is 19.3. The van der Waals surface area contributed by atoms with Gasteiger partial charge >= 0.3 is 0 Å². The molecular weight excluding hydrogens is 450 g/mol. The molecule has 0 spiro atoms. The van der Waals surface area contributed by atoms with Gasteiger partial charge in [-0.25, -0.2) is 0 Å². The Morgan fingerprint density at radius 1 is 1.00 bits per heavy atom. The van der Waals surface area contributed by atoms with Crippen LogP contribution in [0.25, 0.3) is 0 Å². The number of thiophene rings is 1. The third-order valence-corrected chi connectivity index (χ3v) is 6.50. The van der Waals surface area contributed by atoms with Crippen molar-refractivity contribution >= 4 is 28.8 Å². The van der Waals surface area contributed by atoms with Crippen molar-refractivity contribution < 1.29 is 14.5 Å². The molecule has 34 heavy (non-hydrogen) atoms. The standard InChI is InChI=1S/C26H29N3O4S/c1-3-20(2)16-28(26(31)22-11-7-12-23(15-22)29(32)33)19-25(30)27(18-24-13-8-14-34-24)17-21-9-5-4-6-10-21/h4-15,20H,3,16-19H2,1-2H3. The van der Waals surface area contributed by atoms with Crippen molar-refractivity contribution in [3.8, 4) is 0 Å². The molecule has 3 rings (SSSR count). The van der Waals surface area contributed by atoms with Crippen molar-refractivity contribution in [2.45, 2.75) is 33.4 Å². The fraction of sp³-hybridized carbons (Fsp3) is 0.308. The van der Waals surface area contributed by atoms with Gasteiger partial charge in [0.25, 0.3) is 11.6 Å². The number of hydrogen-bond donors (Lipinski definition) is 0. The van der Waals surface area contributed by atoms with Gasteiger partial charge in [-0.05, 0) is 29.0 Å². The van der Waals surface area contributed by atoms with Gasteiger partial charge in [-0.15, -0.1) is 11.3 Å². The van der Waals surface area contributed by atoms with E-state index in [0.717, 1.165) is 16.9 Å². The number of carbonyl (C=O) groups excluding carboxylic acids is 2. The quantitative estimate of drug-likeness (QED) is 0.273. The van der Waals surface area contributed by atoms with Crippen LogP contribution in [0.3, 0.4) is 0 Å². The first-order valence-electron chi connectivity index (χ1n) is 11.2. The van der Waals surface area contributed by atoms with Crippen LogP contribution in [-0.2, 0) is 17.9 Å². The minimum atomic E-state index is -0.524. The summed E-state index contributed by atoms with van der Waals surface area (Å²) in [5.41, 5.74) is 1.06. The third kappa shape index (κ3) is 6.99. The number of nitrogens with zero attached hydrogens (tertiary/aromatic N) is 3. The summed E-state index contributed by atoms with van der Waals surface area (Å²) in [5.74, 6) is -0.372. The molecule has 0 saturated carbocycles. The summed E-state index contributed by atoms with van der Waals surface area (Å²) >= 11 is 1.58. The van der Waals surface area contributed by atoms with Crippen molar-refractivity contribution in [3.05, 3.63) is 98.2 Å². The molecule has 0 aliphatic carbocycles. The zero-order chi connectivity index (χ0) is 24.5. The number of nitro benzene ring substituents is 1. The maximum Gasteiger partial charge on any atom is 0.270 e. The second-order valence-corrected chi connectivity index (χ2v) is 9.35. The zero-order valence-electron chi connectivity index (χ0n) is 19.4. The summed E-state index contributed by atoms with van der Waals surface area (Å²) in [5, 5.41) is 13.2. The molecule has 178 valence electrons. The molecule has 0 aliphatic rings. The maximum absolute atomic E-state index is 13.5. The van der Waals surface area contributed by atoms with Crippen molar-refractivity contribution in [1.29, 1.82) is 0 Å². The van der Waals surface area contributed by atoms with Gasteiger partial charge in [-0.3, -0.25) is 19.7 Å². The lowest BCUT2D eigenvalue weighted by atomic mass is 10.1. The molecule has 8 heteroatoms. The second kappa shape index (κ2) is 12.1. The SMILES string of the molecule is CCC(C)CN(CC(=O)N(Cc1ccccc1)Cc1cccs1)C(=O)c1cccc([N+](=O)[O-])c1. The number of rotatable bonds is 11. The molecule has 1 atom stereocenters. The zero-order valence-corrected chi connectivity index (χ0v) is 20.2. The number of hydrogen-bond acceptors (Lipinski definition) is 5. The monoisotopic (exact) mass is 479 g/mol. The molecule has 0 aliphatic heterocycles. The van der Waals surface area contributed by atoms with E-state index in [0.29, 0.717) is 19.6 Å². The summed E-state index contributed by atoms with van der Waals surface area (Å²) in [6.45, 7) is 5.23. The Bertz CT molecular complexity index is 1100. The summed E-state index contributed by atoms with van der Waals surface area (Å²) < 4.78 is 0. The van der Waals surface area contributed by atoms with E-state index < -0.39 is 4.92 Å². The van der Waals surface area contributed by atoms with Crippen molar-refractivity contribution in [2.24, 2.45) is 5.92 Å². The third-order valence-electron chi connectivity index (χ3n) is 5.64. The van der Waals surface area contributed by atoms with Gasteiger partial charge in [0.15, 0.2) is 0 Å². The molecule has 2 aromatic carbocycles. The molecule has 3 aromatic rings. The van der Waals surface area contributed by atoms with E-state index in [9.17, 15) is 19.7 Å². The molecule has 1 unspecified atom stereocenters. The van der Waals surface area contributed by atoms with Crippen LogP contribution in [0.15, 0.2) is 72.1 Å². The average molecular weight is 480 g/mol. The Morgan fingerprint density at radius 3 is 2.41 bits per heavy atom. The molecule has 0 N–H and O–H groups in total. The predicted octanol–water partition coefficient (Wildman–Crippen LogP) is 5.37. The Kier molecular flexibility index (Phi) is 8.93. The number of non-ortho nitro benzene ring substituents is 1. The maximum atomic E-state index is 13.5. The van der Waals surface area contributed by atoms with Crippen LogP contribution in [-0.4, -0.2) is 39.6 Å². The number of benzene rings is 2. The van der Waals surface area contributed by atoms with Gasteiger partial charge in [0, 0.05) is 35.7 Å². The molecular formula is C26H29N3O4S. The minimum absolute atomic E-state index is 0.0932. The topological polar surface area (TPSA) is 83.8 Å². The highest BCUT2D eigenvalue weighted by Crippen LogP contribution is 2.18. The van der Waals surface area contributed by atoms with Crippen LogP contribution in [0.2, 0.25) is 0 Å². The van der Waals surface area contributed by atoms with Crippen LogP contribution in [0.1, 0.15) is 41.1 Å². The van der Waals surface area contributed by atoms with Gasteiger partial charge in [0.05, 0.1) is 11.5 Å². The summed E-state index contributed by atoms with van der Waals surface area (Å²) in [4.78, 5) is 41.8. The van der Waals surface area contributed by atoms with Crippen LogP contribution in [0.4, 0.5) is 5.69 Å². The largest absolute Gasteiger partial charge is 0.332 e. The van der Waals surface area contributed by atoms with Crippen molar-refractivity contribution in [1.82, 2.24) is 9.80 Å². The average Bonchev–Trinajstić information content (AvgIpc) is 3.36. The molecule has 1 heterocycles. The van der Waals surface area contributed by atoms with Gasteiger partial charge in [0.1, 0.15) is 6.54 Å². The highest BCUT2D eigenvalue weighted by molar-refractivity contribution is 7.09. The fourth-order valence-corrected chi connectivity index (χ4v) is 4.27. The molecule has 0 radical (unpaired) electrons. The van der Waals surface area contributed by atoms with Crippen LogP contribution >= 0.6 is 11.3 Å². The van der Waals surface area contributed by atoms with E-state index in [1.165, 1.54) is 23.1 Å². The molecule has 1 aromatic heterocycles. The van der Waals surface area contributed by atoms with Gasteiger partial charge in [-0.2, -0.15) is 0 Å². The highest BCUT2D eigenvalue weighted by Gasteiger charge is 2.25. The van der Waals surface area contributed by atoms with Gasteiger partial charge in [-0.1, -0.05) is 62.7 Å². The van der Waals surface area contributed by atoms with E-state index in [-0.39, 0.29) is 35.5 Å². The number of carbonyl (C=O) groups is 2. The van der Waals surface area contributed by atoms with Gasteiger partial charge < -0.3 is 9.80 Å². The Labute approximate surface area is 203 Å². The van der Waals surface area contributed by atoms with E-state index in [1.54, 1.807) is 22.3 Å². The Hall–Kier alpha value is -3.52. The smallest absolute Gasteiger partial charge is 0.270 e. The predicted molar refractivity (Wildman–Crippen MR) is 133 cm³/mol. The molecule has 7 nitrogen and oxygen atoms in total. The molecule has 2 amide bonds. The van der Waals surface area contributed by atoms with E-state index >= 15 is 0 Å². The minimum Gasteiger partial charge on any atom is -0.332 e. The molecule has 0 bridgehead atoms. The first-order valence-corrected chi connectivity index (χ1v) is 12.1. The van der Waals surface area contributed by atoms with Crippen LogP contribution < -0.4 is 0 Å². The number of nitro groups is 1. The molecule has 0 fully saturated rings. The summed E-state index contributed by atoms with van der Waals surface area (Å²) in [6.07, 6.45) is 0.843. The fourth-order valence-electron chi connectivity index (χ4n) is 3.55. The normalized spacial score (nSPS) is 11.6. The van der Waals surface area contributed by atoms with E-state index in [1.807, 2.05) is 61.7 Å². The lowest BCUT2D eigenvalue weighted by Gasteiger charge is -2.29. The van der Waals surface area contributed by atoms with Crippen molar-refractivity contribution in [2.75, 3.05) is 13.1 Å². The van der Waals surface area contributed by atoms with Crippen LogP contribution in [0, 0.1) is 16.0 Å². The van der Waals surface area contributed by atoms with Gasteiger partial charge in [0.2, 0.25) is 5.91 Å².